The molecule has 2 atom stereocenters. The highest BCUT2D eigenvalue weighted by molar-refractivity contribution is 6.55. The van der Waals surface area contributed by atoms with Crippen LogP contribution in [-0.4, -0.2) is 18.9 Å². The Labute approximate surface area is 144 Å². The molecule has 3 rings (SSSR count). The van der Waals surface area contributed by atoms with Crippen molar-refractivity contribution in [3.05, 3.63) is 34.3 Å². The predicted octanol–water partition coefficient (Wildman–Crippen LogP) is 3.46. The number of nitrogens with zero attached hydrogens (tertiary/aromatic N) is 1. The van der Waals surface area contributed by atoms with Gasteiger partial charge in [0.15, 0.2) is 11.5 Å². The molecule has 122 valence electrons. The molecule has 7 heteroatoms. The summed E-state index contributed by atoms with van der Waals surface area (Å²) in [6.45, 7) is 4.22. The minimum Gasteiger partial charge on any atom is -0.454 e. The van der Waals surface area contributed by atoms with Gasteiger partial charge >= 0.3 is 0 Å². The second-order valence-electron chi connectivity index (χ2n) is 6.13. The summed E-state index contributed by atoms with van der Waals surface area (Å²) >= 11 is 11.4. The van der Waals surface area contributed by atoms with E-state index in [-0.39, 0.29) is 34.4 Å². The normalized spacial score (nSPS) is 23.7. The van der Waals surface area contributed by atoms with Gasteiger partial charge in [0.05, 0.1) is 12.1 Å². The number of rotatable bonds is 4. The summed E-state index contributed by atoms with van der Waals surface area (Å²) in [7, 11) is 0. The smallest absolute Gasteiger partial charge is 0.244 e. The van der Waals surface area contributed by atoms with Crippen molar-refractivity contribution in [3.8, 4) is 11.5 Å². The third-order valence-corrected chi connectivity index (χ3v) is 4.54. The van der Waals surface area contributed by atoms with E-state index >= 15 is 0 Å². The van der Waals surface area contributed by atoms with E-state index in [1.54, 1.807) is 24.4 Å². The van der Waals surface area contributed by atoms with Gasteiger partial charge in [0.2, 0.25) is 12.7 Å². The molecule has 0 radical (unpaired) electrons. The second kappa shape index (κ2) is 6.06. The molecule has 1 fully saturated rings. The van der Waals surface area contributed by atoms with E-state index in [0.717, 1.165) is 5.56 Å². The maximum atomic E-state index is 12.2. The predicted molar refractivity (Wildman–Crippen MR) is 88.9 cm³/mol. The Morgan fingerprint density at radius 2 is 2.09 bits per heavy atom. The maximum Gasteiger partial charge on any atom is 0.244 e. The van der Waals surface area contributed by atoms with Gasteiger partial charge in [-0.3, -0.25) is 4.79 Å². The van der Waals surface area contributed by atoms with E-state index in [1.807, 2.05) is 19.9 Å². The van der Waals surface area contributed by atoms with Crippen molar-refractivity contribution in [2.24, 2.45) is 22.4 Å². The summed E-state index contributed by atoms with van der Waals surface area (Å²) in [5.41, 5.74) is 3.20. The van der Waals surface area contributed by atoms with E-state index in [2.05, 4.69) is 10.5 Å². The second-order valence-corrected chi connectivity index (χ2v) is 7.14. The van der Waals surface area contributed by atoms with Crippen LogP contribution in [0.5, 0.6) is 11.5 Å². The number of hydrazone groups is 1. The molecule has 0 bridgehead atoms. The van der Waals surface area contributed by atoms with Crippen molar-refractivity contribution in [2.75, 3.05) is 6.79 Å². The number of benzene rings is 1. The summed E-state index contributed by atoms with van der Waals surface area (Å²) in [4.78, 5) is 12.2. The zero-order chi connectivity index (χ0) is 16.6. The topological polar surface area (TPSA) is 59.9 Å². The number of carbonyl (C=O) groups excluding carboxylic acids is 1. The van der Waals surface area contributed by atoms with Crippen LogP contribution in [0.25, 0.3) is 0 Å². The average molecular weight is 355 g/mol. The number of hydrogen-bond donors (Lipinski definition) is 1. The van der Waals surface area contributed by atoms with Crippen LogP contribution in [0.1, 0.15) is 19.4 Å². The fraction of sp³-hybridized carbons (Fsp3) is 0.375. The Bertz CT molecular complexity index is 697. The van der Waals surface area contributed by atoms with Crippen LogP contribution >= 0.6 is 23.2 Å². The molecule has 1 amide bonds. The van der Waals surface area contributed by atoms with Crippen LogP contribution < -0.4 is 14.9 Å². The lowest BCUT2D eigenvalue weighted by Gasteiger charge is -2.01. The first kappa shape index (κ1) is 16.1. The molecule has 1 N–H and O–H groups in total. The molecule has 2 unspecified atom stereocenters. The fourth-order valence-electron chi connectivity index (χ4n) is 2.86. The molecule has 0 aromatic heterocycles. The first-order valence-corrected chi connectivity index (χ1v) is 7.90. The Kier molecular flexibility index (Phi) is 4.25. The van der Waals surface area contributed by atoms with Gasteiger partial charge in [-0.2, -0.15) is 5.10 Å². The van der Waals surface area contributed by atoms with Crippen molar-refractivity contribution in [3.63, 3.8) is 0 Å². The van der Waals surface area contributed by atoms with Crippen molar-refractivity contribution in [2.45, 2.75) is 13.8 Å². The summed E-state index contributed by atoms with van der Waals surface area (Å²) in [5.74, 6) is 1.06. The molecule has 23 heavy (non-hydrogen) atoms. The number of amides is 1. The van der Waals surface area contributed by atoms with Gasteiger partial charge in [0.1, 0.15) is 4.49 Å². The summed E-state index contributed by atoms with van der Waals surface area (Å²) in [6.07, 6.45) is 3.27. The van der Waals surface area contributed by atoms with Crippen molar-refractivity contribution in [1.82, 2.24) is 5.43 Å². The summed E-state index contributed by atoms with van der Waals surface area (Å²) < 4.78 is 10.7. The molecule has 1 aromatic rings. The average Bonchev–Trinajstić information content (AvgIpc) is 2.85. The van der Waals surface area contributed by atoms with E-state index in [1.165, 1.54) is 0 Å². The maximum absolute atomic E-state index is 12.2. The molecule has 1 saturated carbocycles. The molecule has 1 aliphatic heterocycles. The van der Waals surface area contributed by atoms with Gasteiger partial charge in [-0.15, -0.1) is 0 Å². The van der Waals surface area contributed by atoms with E-state index in [0.29, 0.717) is 11.5 Å². The number of hydrogen-bond acceptors (Lipinski definition) is 4. The van der Waals surface area contributed by atoms with Crippen LogP contribution in [0.2, 0.25) is 0 Å². The molecule has 1 heterocycles. The van der Waals surface area contributed by atoms with Gasteiger partial charge in [0, 0.05) is 0 Å². The molecule has 2 aliphatic rings. The Hall–Kier alpha value is -1.72. The molecule has 0 spiro atoms. The number of halogens is 2. The first-order valence-electron chi connectivity index (χ1n) is 7.15. The first-order chi connectivity index (χ1) is 10.9. The molecular weight excluding hydrogens is 339 g/mol. The highest BCUT2D eigenvalue weighted by Crippen LogP contribution is 2.59. The van der Waals surface area contributed by atoms with Gasteiger partial charge in [-0.05, 0) is 41.2 Å². The van der Waals surface area contributed by atoms with Gasteiger partial charge in [0.25, 0.3) is 0 Å². The SMILES string of the molecule is CC1(C)C(C=C(Cl)Cl)C1C(=O)NN=Cc1ccc2c(c1)OCO2. The van der Waals surface area contributed by atoms with Crippen LogP contribution in [0.4, 0.5) is 0 Å². The van der Waals surface area contributed by atoms with E-state index < -0.39 is 0 Å². The number of allylic oxidation sites excluding steroid dienone is 1. The lowest BCUT2D eigenvalue weighted by Crippen LogP contribution is -2.21. The largest absolute Gasteiger partial charge is 0.454 e. The van der Waals surface area contributed by atoms with Gasteiger partial charge < -0.3 is 9.47 Å². The number of fused-ring (bicyclic) bond motifs is 1. The Morgan fingerprint density at radius 3 is 2.83 bits per heavy atom. The van der Waals surface area contributed by atoms with Crippen molar-refractivity contribution < 1.29 is 14.3 Å². The standard InChI is InChI=1S/C16H16Cl2N2O3/c1-16(2)10(6-13(17)18)14(16)15(21)20-19-7-9-3-4-11-12(5-9)23-8-22-11/h3-7,10,14H,8H2,1-2H3,(H,20,21). The lowest BCUT2D eigenvalue weighted by molar-refractivity contribution is -0.123. The third-order valence-electron chi connectivity index (χ3n) is 4.28. The minimum atomic E-state index is -0.191. The summed E-state index contributed by atoms with van der Waals surface area (Å²) in [5, 5.41) is 4.00. The zero-order valence-corrected chi connectivity index (χ0v) is 14.2. The zero-order valence-electron chi connectivity index (χ0n) is 12.7. The Morgan fingerprint density at radius 1 is 1.35 bits per heavy atom. The van der Waals surface area contributed by atoms with Gasteiger partial charge in [-0.1, -0.05) is 37.0 Å². The van der Waals surface area contributed by atoms with Crippen LogP contribution in [-0.2, 0) is 4.79 Å². The molecular formula is C16H16Cl2N2O3. The fourth-order valence-corrected chi connectivity index (χ4v) is 3.13. The molecule has 0 saturated heterocycles. The molecule has 1 aromatic carbocycles. The Balaban J connectivity index is 1.60. The van der Waals surface area contributed by atoms with E-state index in [4.69, 9.17) is 32.7 Å². The number of ether oxygens (including phenoxy) is 2. The molecule has 1 aliphatic carbocycles. The van der Waals surface area contributed by atoms with Crippen LogP contribution in [0.3, 0.4) is 0 Å². The van der Waals surface area contributed by atoms with Crippen molar-refractivity contribution >= 4 is 35.3 Å². The number of carbonyl (C=O) groups is 1. The highest BCUT2D eigenvalue weighted by Gasteiger charge is 2.60. The lowest BCUT2D eigenvalue weighted by atomic mass is 10.1. The number of nitrogens with one attached hydrogen (secondary N) is 1. The highest BCUT2D eigenvalue weighted by atomic mass is 35.5. The van der Waals surface area contributed by atoms with Crippen LogP contribution in [0, 0.1) is 17.3 Å². The van der Waals surface area contributed by atoms with Gasteiger partial charge in [-0.25, -0.2) is 5.43 Å². The monoisotopic (exact) mass is 354 g/mol. The quantitative estimate of drug-likeness (QED) is 0.665. The molecule has 5 nitrogen and oxygen atoms in total. The van der Waals surface area contributed by atoms with Crippen molar-refractivity contribution in [1.29, 1.82) is 0 Å². The van der Waals surface area contributed by atoms with E-state index in [9.17, 15) is 4.79 Å². The summed E-state index contributed by atoms with van der Waals surface area (Å²) in [6, 6.07) is 5.44. The minimum absolute atomic E-state index is 0.0215. The third kappa shape index (κ3) is 3.31. The van der Waals surface area contributed by atoms with Crippen LogP contribution in [0.15, 0.2) is 33.9 Å².